The van der Waals surface area contributed by atoms with E-state index in [0.717, 1.165) is 36.1 Å². The summed E-state index contributed by atoms with van der Waals surface area (Å²) in [5.74, 6) is -0.508. The van der Waals surface area contributed by atoms with E-state index >= 15 is 0 Å². The first kappa shape index (κ1) is 22.6. The molecule has 6 heteroatoms. The second-order valence-corrected chi connectivity index (χ2v) is 9.36. The van der Waals surface area contributed by atoms with Crippen LogP contribution < -0.4 is 4.90 Å². The van der Waals surface area contributed by atoms with Crippen molar-refractivity contribution in [1.29, 1.82) is 0 Å². The third kappa shape index (κ3) is 4.89. The van der Waals surface area contributed by atoms with Gasteiger partial charge in [-0.1, -0.05) is 61.2 Å². The van der Waals surface area contributed by atoms with Crippen molar-refractivity contribution in [3.8, 4) is 10.4 Å². The van der Waals surface area contributed by atoms with Gasteiger partial charge in [0.1, 0.15) is 5.00 Å². The van der Waals surface area contributed by atoms with Gasteiger partial charge in [0.15, 0.2) is 0 Å². The molecule has 1 aliphatic carbocycles. The molecule has 4 nitrogen and oxygen atoms in total. The van der Waals surface area contributed by atoms with E-state index in [0.29, 0.717) is 21.2 Å². The molecule has 0 N–H and O–H groups in total. The number of nitrogens with zero attached hydrogens (tertiary/aromatic N) is 1. The van der Waals surface area contributed by atoms with Gasteiger partial charge in [-0.15, -0.1) is 11.3 Å². The van der Waals surface area contributed by atoms with Crippen LogP contribution in [0.1, 0.15) is 59.7 Å². The van der Waals surface area contributed by atoms with Crippen LogP contribution in [0.15, 0.2) is 60.7 Å². The quantitative estimate of drug-likeness (QED) is 0.359. The molecular formula is C26H26ClNO3S. The van der Waals surface area contributed by atoms with Gasteiger partial charge in [0.25, 0.3) is 5.91 Å². The minimum atomic E-state index is -0.398. The Morgan fingerprint density at radius 2 is 1.72 bits per heavy atom. The third-order valence-electron chi connectivity index (χ3n) is 5.73. The van der Waals surface area contributed by atoms with Crippen molar-refractivity contribution in [2.24, 2.45) is 0 Å². The van der Waals surface area contributed by atoms with E-state index < -0.39 is 5.97 Å². The second-order valence-electron chi connectivity index (χ2n) is 7.89. The Kier molecular flexibility index (Phi) is 7.28. The number of rotatable bonds is 6. The standard InChI is InChI=1S/C26H26ClNO3S/c1-2-31-26(30)22-17-23(18-9-5-3-6-10-18)32-25(22)28(21-11-7-4-8-12-21)24(29)19-13-15-20(27)16-14-19/h3,5-6,9-10,13-17,21H,2,4,7-8,11-12H2,1H3. The maximum atomic E-state index is 13.8. The van der Waals surface area contributed by atoms with E-state index in [9.17, 15) is 9.59 Å². The van der Waals surface area contributed by atoms with Crippen molar-refractivity contribution in [2.45, 2.75) is 45.1 Å². The molecule has 0 unspecified atom stereocenters. The number of halogens is 1. The zero-order valence-electron chi connectivity index (χ0n) is 18.1. The summed E-state index contributed by atoms with van der Waals surface area (Å²) in [6.45, 7) is 2.07. The SMILES string of the molecule is CCOC(=O)c1cc(-c2ccccc2)sc1N(C(=O)c1ccc(Cl)cc1)C1CCCCC1. The Labute approximate surface area is 197 Å². The molecule has 32 heavy (non-hydrogen) atoms. The first-order valence-electron chi connectivity index (χ1n) is 11.0. The van der Waals surface area contributed by atoms with Gasteiger partial charge in [-0.25, -0.2) is 4.79 Å². The molecule has 4 rings (SSSR count). The Morgan fingerprint density at radius 1 is 1.03 bits per heavy atom. The van der Waals surface area contributed by atoms with E-state index in [1.807, 2.05) is 41.3 Å². The van der Waals surface area contributed by atoms with Gasteiger partial charge in [-0.05, 0) is 55.7 Å². The molecule has 0 atom stereocenters. The molecule has 1 saturated carbocycles. The van der Waals surface area contributed by atoms with Crippen LogP contribution in [0, 0.1) is 0 Å². The summed E-state index contributed by atoms with van der Waals surface area (Å²) >= 11 is 7.52. The highest BCUT2D eigenvalue weighted by Gasteiger charge is 2.33. The molecule has 0 bridgehead atoms. The summed E-state index contributed by atoms with van der Waals surface area (Å²) in [5, 5.41) is 1.25. The monoisotopic (exact) mass is 467 g/mol. The van der Waals surface area contributed by atoms with Gasteiger partial charge in [-0.2, -0.15) is 0 Å². The van der Waals surface area contributed by atoms with Crippen molar-refractivity contribution < 1.29 is 14.3 Å². The number of carbonyl (C=O) groups is 2. The molecule has 1 amide bonds. The smallest absolute Gasteiger partial charge is 0.341 e. The number of hydrogen-bond acceptors (Lipinski definition) is 4. The van der Waals surface area contributed by atoms with Gasteiger partial charge < -0.3 is 4.74 Å². The fourth-order valence-corrected chi connectivity index (χ4v) is 5.50. The number of anilines is 1. The average Bonchev–Trinajstić information content (AvgIpc) is 3.26. The van der Waals surface area contributed by atoms with Crippen LogP contribution in [0.25, 0.3) is 10.4 Å². The molecule has 1 aromatic heterocycles. The van der Waals surface area contributed by atoms with E-state index in [2.05, 4.69) is 0 Å². The van der Waals surface area contributed by atoms with Crippen LogP contribution in [0.4, 0.5) is 5.00 Å². The van der Waals surface area contributed by atoms with Gasteiger partial charge in [0.2, 0.25) is 0 Å². The zero-order valence-corrected chi connectivity index (χ0v) is 19.6. The molecule has 0 saturated heterocycles. The second kappa shape index (κ2) is 10.3. The Hall–Kier alpha value is -2.63. The fourth-order valence-electron chi connectivity index (χ4n) is 4.15. The number of amides is 1. The molecule has 0 spiro atoms. The van der Waals surface area contributed by atoms with E-state index in [4.69, 9.17) is 16.3 Å². The third-order valence-corrected chi connectivity index (χ3v) is 7.17. The summed E-state index contributed by atoms with van der Waals surface area (Å²) in [4.78, 5) is 29.5. The molecule has 3 aromatic rings. The summed E-state index contributed by atoms with van der Waals surface area (Å²) in [7, 11) is 0. The largest absolute Gasteiger partial charge is 0.462 e. The molecule has 0 radical (unpaired) electrons. The highest BCUT2D eigenvalue weighted by atomic mass is 35.5. The van der Waals surface area contributed by atoms with Crippen molar-refractivity contribution in [3.05, 3.63) is 76.8 Å². The summed E-state index contributed by atoms with van der Waals surface area (Å²) < 4.78 is 5.37. The van der Waals surface area contributed by atoms with Gasteiger partial charge in [0.05, 0.1) is 12.2 Å². The van der Waals surface area contributed by atoms with Crippen LogP contribution in [0.5, 0.6) is 0 Å². The minimum absolute atomic E-state index is 0.0439. The molecule has 0 aliphatic heterocycles. The lowest BCUT2D eigenvalue weighted by Crippen LogP contribution is -2.42. The fraction of sp³-hybridized carbons (Fsp3) is 0.308. The van der Waals surface area contributed by atoms with E-state index in [1.54, 1.807) is 31.2 Å². The van der Waals surface area contributed by atoms with Gasteiger partial charge >= 0.3 is 5.97 Å². The first-order chi connectivity index (χ1) is 15.6. The number of benzene rings is 2. The lowest BCUT2D eigenvalue weighted by molar-refractivity contribution is 0.0527. The molecule has 166 valence electrons. The molecule has 2 aromatic carbocycles. The number of carbonyl (C=O) groups excluding carboxylic acids is 2. The number of hydrogen-bond donors (Lipinski definition) is 0. The summed E-state index contributed by atoms with van der Waals surface area (Å²) in [6, 6.07) is 18.8. The molecule has 1 fully saturated rings. The van der Waals surface area contributed by atoms with Crippen molar-refractivity contribution >= 4 is 39.8 Å². The average molecular weight is 468 g/mol. The lowest BCUT2D eigenvalue weighted by atomic mass is 9.93. The van der Waals surface area contributed by atoms with Crippen LogP contribution in [0.3, 0.4) is 0 Å². The van der Waals surface area contributed by atoms with Crippen LogP contribution in [0.2, 0.25) is 5.02 Å². The van der Waals surface area contributed by atoms with Crippen molar-refractivity contribution in [1.82, 2.24) is 0 Å². The van der Waals surface area contributed by atoms with E-state index in [1.165, 1.54) is 17.8 Å². The molecular weight excluding hydrogens is 442 g/mol. The number of thiophene rings is 1. The number of esters is 1. The van der Waals surface area contributed by atoms with E-state index in [-0.39, 0.29) is 18.6 Å². The van der Waals surface area contributed by atoms with Crippen LogP contribution >= 0.6 is 22.9 Å². The predicted octanol–water partition coefficient (Wildman–Crippen LogP) is 7.22. The number of ether oxygens (including phenoxy) is 1. The minimum Gasteiger partial charge on any atom is -0.462 e. The van der Waals surface area contributed by atoms with Crippen molar-refractivity contribution in [2.75, 3.05) is 11.5 Å². The Balaban J connectivity index is 1.83. The van der Waals surface area contributed by atoms with Crippen LogP contribution in [-0.2, 0) is 4.74 Å². The lowest BCUT2D eigenvalue weighted by Gasteiger charge is -2.34. The molecule has 1 heterocycles. The first-order valence-corrected chi connectivity index (χ1v) is 12.2. The highest BCUT2D eigenvalue weighted by molar-refractivity contribution is 7.20. The maximum absolute atomic E-state index is 13.8. The normalized spacial score (nSPS) is 14.2. The summed E-state index contributed by atoms with van der Waals surface area (Å²) in [6.07, 6.45) is 5.14. The summed E-state index contributed by atoms with van der Waals surface area (Å²) in [5.41, 5.74) is 2.02. The topological polar surface area (TPSA) is 46.6 Å². The predicted molar refractivity (Wildman–Crippen MR) is 131 cm³/mol. The van der Waals surface area contributed by atoms with Gasteiger partial charge in [-0.3, -0.25) is 9.69 Å². The Morgan fingerprint density at radius 3 is 2.38 bits per heavy atom. The van der Waals surface area contributed by atoms with Crippen molar-refractivity contribution in [3.63, 3.8) is 0 Å². The van der Waals surface area contributed by atoms with Crippen LogP contribution in [-0.4, -0.2) is 24.5 Å². The Bertz CT molecular complexity index is 1070. The highest BCUT2D eigenvalue weighted by Crippen LogP contribution is 2.41. The zero-order chi connectivity index (χ0) is 22.5. The maximum Gasteiger partial charge on any atom is 0.341 e. The van der Waals surface area contributed by atoms with Gasteiger partial charge in [0, 0.05) is 21.5 Å². The molecule has 1 aliphatic rings.